The summed E-state index contributed by atoms with van der Waals surface area (Å²) in [4.78, 5) is 0. The van der Waals surface area contributed by atoms with Crippen molar-refractivity contribution in [2.24, 2.45) is 0 Å². The van der Waals surface area contributed by atoms with Crippen molar-refractivity contribution in [3.8, 4) is 16.9 Å². The van der Waals surface area contributed by atoms with Gasteiger partial charge in [0.25, 0.3) is 6.43 Å². The highest BCUT2D eigenvalue weighted by atomic mass is 19.3. The molecule has 0 aliphatic carbocycles. The van der Waals surface area contributed by atoms with Gasteiger partial charge in [0, 0.05) is 5.56 Å². The van der Waals surface area contributed by atoms with Gasteiger partial charge in [-0.2, -0.15) is 0 Å². The number of hydrogen-bond donors (Lipinski definition) is 0. The quantitative estimate of drug-likeness (QED) is 0.342. The van der Waals surface area contributed by atoms with E-state index in [0.717, 1.165) is 18.4 Å². The van der Waals surface area contributed by atoms with Gasteiger partial charge in [0.1, 0.15) is 11.6 Å². The maximum absolute atomic E-state index is 15.0. The van der Waals surface area contributed by atoms with Crippen LogP contribution in [0.1, 0.15) is 48.9 Å². The molecular weight excluding hydrogens is 385 g/mol. The maximum atomic E-state index is 15.0. The Morgan fingerprint density at radius 2 is 1.57 bits per heavy atom. The average molecular weight is 410 g/mol. The minimum atomic E-state index is -2.92. The van der Waals surface area contributed by atoms with E-state index in [4.69, 9.17) is 4.74 Å². The zero-order valence-electron chi connectivity index (χ0n) is 17.2. The molecule has 0 aliphatic rings. The molecule has 0 radical (unpaired) electrons. The predicted molar refractivity (Wildman–Crippen MR) is 117 cm³/mol. The molecule has 0 amide bonds. The van der Waals surface area contributed by atoms with Crippen molar-refractivity contribution >= 4 is 12.2 Å². The fraction of sp³-hybridized carbons (Fsp3) is 0.231. The fourth-order valence-electron chi connectivity index (χ4n) is 3.37. The van der Waals surface area contributed by atoms with E-state index in [1.54, 1.807) is 42.5 Å². The fourth-order valence-corrected chi connectivity index (χ4v) is 3.37. The smallest absolute Gasteiger partial charge is 0.267 e. The first-order chi connectivity index (χ1) is 14.5. The van der Waals surface area contributed by atoms with Crippen molar-refractivity contribution < 1.29 is 17.9 Å². The maximum Gasteiger partial charge on any atom is 0.267 e. The molecule has 0 spiro atoms. The average Bonchev–Trinajstić information content (AvgIpc) is 2.74. The lowest BCUT2D eigenvalue weighted by Gasteiger charge is -2.12. The van der Waals surface area contributed by atoms with Gasteiger partial charge >= 0.3 is 0 Å². The molecule has 0 atom stereocenters. The first-order valence-corrected chi connectivity index (χ1v) is 10.1. The number of hydrogen-bond acceptors (Lipinski definition) is 1. The lowest BCUT2D eigenvalue weighted by Crippen LogP contribution is -1.98. The van der Waals surface area contributed by atoms with E-state index in [-0.39, 0.29) is 11.1 Å². The third kappa shape index (κ3) is 5.12. The first kappa shape index (κ1) is 21.7. The van der Waals surface area contributed by atoms with Crippen LogP contribution in [0.2, 0.25) is 0 Å². The molecule has 0 heterocycles. The van der Waals surface area contributed by atoms with Crippen molar-refractivity contribution in [1.29, 1.82) is 0 Å². The highest BCUT2D eigenvalue weighted by molar-refractivity contribution is 5.75. The lowest BCUT2D eigenvalue weighted by atomic mass is 9.97. The minimum Gasteiger partial charge on any atom is -0.494 e. The SMILES string of the molecule is CCCc1ccc(/C=C/c2ccc(-c3ccc(OCC)cc3)c(F)c2C(F)F)cc1. The molecule has 1 nitrogen and oxygen atoms in total. The Morgan fingerprint density at radius 3 is 2.17 bits per heavy atom. The van der Waals surface area contributed by atoms with E-state index < -0.39 is 17.8 Å². The summed E-state index contributed by atoms with van der Waals surface area (Å²) in [6.07, 6.45) is 2.41. The molecule has 30 heavy (non-hydrogen) atoms. The summed E-state index contributed by atoms with van der Waals surface area (Å²) in [7, 11) is 0. The summed E-state index contributed by atoms with van der Waals surface area (Å²) in [6.45, 7) is 4.51. The second kappa shape index (κ2) is 10.1. The molecule has 3 aromatic rings. The summed E-state index contributed by atoms with van der Waals surface area (Å²) >= 11 is 0. The van der Waals surface area contributed by atoms with Crippen LogP contribution in [0.4, 0.5) is 13.2 Å². The van der Waals surface area contributed by atoms with Crippen LogP contribution in [0.3, 0.4) is 0 Å². The summed E-state index contributed by atoms with van der Waals surface area (Å²) in [5.74, 6) is -0.241. The van der Waals surface area contributed by atoms with Crippen molar-refractivity contribution in [1.82, 2.24) is 0 Å². The summed E-state index contributed by atoms with van der Waals surface area (Å²) in [5.41, 5.74) is 2.38. The molecule has 3 aromatic carbocycles. The van der Waals surface area contributed by atoms with Crippen molar-refractivity contribution in [2.75, 3.05) is 6.61 Å². The monoisotopic (exact) mass is 410 g/mol. The second-order valence-electron chi connectivity index (χ2n) is 7.01. The van der Waals surface area contributed by atoms with Gasteiger partial charge in [0.2, 0.25) is 0 Å². The molecule has 0 saturated heterocycles. The van der Waals surface area contributed by atoms with Crippen molar-refractivity contribution in [3.63, 3.8) is 0 Å². The van der Waals surface area contributed by atoms with Gasteiger partial charge in [-0.1, -0.05) is 74.0 Å². The third-order valence-corrected chi connectivity index (χ3v) is 4.88. The number of halogens is 3. The lowest BCUT2D eigenvalue weighted by molar-refractivity contribution is 0.146. The van der Waals surface area contributed by atoms with Gasteiger partial charge in [-0.05, 0) is 47.7 Å². The largest absolute Gasteiger partial charge is 0.494 e. The normalized spacial score (nSPS) is 11.4. The van der Waals surface area contributed by atoms with Gasteiger partial charge in [-0.25, -0.2) is 13.2 Å². The summed E-state index contributed by atoms with van der Waals surface area (Å²) in [5, 5.41) is 0. The van der Waals surface area contributed by atoms with Crippen LogP contribution in [-0.4, -0.2) is 6.61 Å². The van der Waals surface area contributed by atoms with E-state index in [0.29, 0.717) is 17.9 Å². The molecule has 0 bridgehead atoms. The van der Waals surface area contributed by atoms with E-state index >= 15 is 4.39 Å². The predicted octanol–water partition coefficient (Wildman–Crippen LogP) is 7.95. The Bertz CT molecular complexity index is 990. The van der Waals surface area contributed by atoms with Gasteiger partial charge < -0.3 is 4.74 Å². The van der Waals surface area contributed by atoms with Gasteiger partial charge in [-0.15, -0.1) is 0 Å². The highest BCUT2D eigenvalue weighted by Gasteiger charge is 2.21. The molecule has 0 unspecified atom stereocenters. The standard InChI is InChI=1S/C26H25F3O/c1-3-5-18-6-8-19(9-7-18)10-11-21-14-17-23(25(27)24(21)26(28)29)20-12-15-22(16-13-20)30-4-2/h6-17,26H,3-5H2,1-2H3/b11-10+. The van der Waals surface area contributed by atoms with Crippen LogP contribution in [-0.2, 0) is 6.42 Å². The van der Waals surface area contributed by atoms with Crippen LogP contribution in [0.15, 0.2) is 60.7 Å². The number of ether oxygens (including phenoxy) is 1. The molecule has 0 fully saturated rings. The van der Waals surface area contributed by atoms with E-state index in [9.17, 15) is 8.78 Å². The Morgan fingerprint density at radius 1 is 0.867 bits per heavy atom. The Labute approximate surface area is 175 Å². The van der Waals surface area contributed by atoms with Gasteiger partial charge in [-0.3, -0.25) is 0 Å². The number of rotatable bonds is 8. The number of alkyl halides is 2. The van der Waals surface area contributed by atoms with Crippen LogP contribution >= 0.6 is 0 Å². The van der Waals surface area contributed by atoms with Crippen molar-refractivity contribution in [3.05, 3.63) is 88.7 Å². The molecule has 3 rings (SSSR count). The zero-order chi connectivity index (χ0) is 21.5. The second-order valence-corrected chi connectivity index (χ2v) is 7.01. The Balaban J connectivity index is 1.91. The molecule has 0 saturated carbocycles. The van der Waals surface area contributed by atoms with E-state index in [1.165, 1.54) is 11.6 Å². The summed E-state index contributed by atoms with van der Waals surface area (Å²) in [6, 6.07) is 17.8. The number of benzene rings is 3. The Kier molecular flexibility index (Phi) is 7.34. The van der Waals surface area contributed by atoms with Gasteiger partial charge in [0.15, 0.2) is 0 Å². The van der Waals surface area contributed by atoms with Crippen LogP contribution in [0.5, 0.6) is 5.75 Å². The molecule has 0 N–H and O–H groups in total. The molecular formula is C26H25F3O. The van der Waals surface area contributed by atoms with Crippen LogP contribution < -0.4 is 4.74 Å². The Hall–Kier alpha value is -3.01. The zero-order valence-corrected chi connectivity index (χ0v) is 17.2. The van der Waals surface area contributed by atoms with Gasteiger partial charge in [0.05, 0.1) is 12.2 Å². The van der Waals surface area contributed by atoms with E-state index in [2.05, 4.69) is 6.92 Å². The summed E-state index contributed by atoms with van der Waals surface area (Å²) < 4.78 is 47.9. The minimum absolute atomic E-state index is 0.148. The molecule has 156 valence electrons. The first-order valence-electron chi connectivity index (χ1n) is 10.1. The molecule has 0 aliphatic heterocycles. The number of aryl methyl sites for hydroxylation is 1. The molecule has 4 heteroatoms. The van der Waals surface area contributed by atoms with Crippen molar-refractivity contribution in [2.45, 2.75) is 33.1 Å². The molecule has 0 aromatic heterocycles. The van der Waals surface area contributed by atoms with Crippen LogP contribution in [0, 0.1) is 5.82 Å². The van der Waals surface area contributed by atoms with Crippen LogP contribution in [0.25, 0.3) is 23.3 Å². The topological polar surface area (TPSA) is 9.23 Å². The highest BCUT2D eigenvalue weighted by Crippen LogP contribution is 2.34. The van der Waals surface area contributed by atoms with E-state index in [1.807, 2.05) is 31.2 Å². The third-order valence-electron chi connectivity index (χ3n) is 4.88.